The van der Waals surface area contributed by atoms with E-state index < -0.39 is 5.97 Å². The molecule has 0 aromatic carbocycles. The molecule has 0 aliphatic carbocycles. The second-order valence-electron chi connectivity index (χ2n) is 5.61. The van der Waals surface area contributed by atoms with E-state index in [1.807, 2.05) is 6.92 Å². The van der Waals surface area contributed by atoms with Crippen molar-refractivity contribution in [1.29, 1.82) is 0 Å². The average Bonchev–Trinajstić information content (AvgIpc) is 2.43. The number of carboxylic acids is 1. The van der Waals surface area contributed by atoms with Gasteiger partial charge in [0.15, 0.2) is 0 Å². The second kappa shape index (κ2) is 7.85. The Kier molecular flexibility index (Phi) is 6.45. The van der Waals surface area contributed by atoms with Crippen molar-refractivity contribution in [2.24, 2.45) is 5.92 Å². The van der Waals surface area contributed by atoms with Crippen LogP contribution in [-0.4, -0.2) is 78.0 Å². The summed E-state index contributed by atoms with van der Waals surface area (Å²) in [7, 11) is 3.33. The van der Waals surface area contributed by atoms with Gasteiger partial charge in [0.1, 0.15) is 6.54 Å². The minimum atomic E-state index is -0.786. The molecule has 0 aromatic heterocycles. The van der Waals surface area contributed by atoms with Crippen molar-refractivity contribution in [3.8, 4) is 0 Å². The lowest BCUT2D eigenvalue weighted by molar-refractivity contribution is -0.138. The Morgan fingerprint density at radius 3 is 2.19 bits per heavy atom. The molecule has 0 atom stereocenters. The number of piperidine rings is 1. The van der Waals surface area contributed by atoms with Crippen LogP contribution in [0.25, 0.3) is 0 Å². The van der Waals surface area contributed by atoms with E-state index in [9.17, 15) is 14.4 Å². The highest BCUT2D eigenvalue weighted by atomic mass is 16.4. The van der Waals surface area contributed by atoms with E-state index in [4.69, 9.17) is 5.11 Å². The third kappa shape index (κ3) is 5.24. The molecule has 7 nitrogen and oxygen atoms in total. The summed E-state index contributed by atoms with van der Waals surface area (Å²) in [5, 5.41) is 8.79. The molecular formula is C14H25N3O4. The Morgan fingerprint density at radius 1 is 1.19 bits per heavy atom. The first-order valence-corrected chi connectivity index (χ1v) is 7.31. The monoisotopic (exact) mass is 299 g/mol. The van der Waals surface area contributed by atoms with Gasteiger partial charge in [0.05, 0.1) is 0 Å². The highest BCUT2D eigenvalue weighted by Crippen LogP contribution is 2.21. The molecule has 1 saturated heterocycles. The molecule has 1 heterocycles. The summed E-state index contributed by atoms with van der Waals surface area (Å²) >= 11 is 0. The Labute approximate surface area is 125 Å². The smallest absolute Gasteiger partial charge is 0.320 e. The normalized spacial score (nSPS) is 15.7. The topological polar surface area (TPSA) is 81.2 Å². The number of hydrogen-bond donors (Lipinski definition) is 1. The van der Waals surface area contributed by atoms with Crippen LogP contribution >= 0.6 is 0 Å². The van der Waals surface area contributed by atoms with Crippen molar-refractivity contribution in [2.75, 3.05) is 40.3 Å². The summed E-state index contributed by atoms with van der Waals surface area (Å²) in [5.74, 6) is -0.748. The first-order chi connectivity index (χ1) is 9.85. The van der Waals surface area contributed by atoms with E-state index in [0.717, 1.165) is 0 Å². The fourth-order valence-electron chi connectivity index (χ4n) is 2.39. The Morgan fingerprint density at radius 2 is 1.76 bits per heavy atom. The van der Waals surface area contributed by atoms with Gasteiger partial charge in [-0.1, -0.05) is 0 Å². The molecule has 0 radical (unpaired) electrons. The minimum Gasteiger partial charge on any atom is -0.481 e. The molecule has 0 aromatic rings. The molecule has 120 valence electrons. The van der Waals surface area contributed by atoms with E-state index >= 15 is 0 Å². The van der Waals surface area contributed by atoms with Crippen LogP contribution in [-0.2, 0) is 9.59 Å². The largest absolute Gasteiger partial charge is 0.481 e. The standard InChI is InChI=1S/C14H25N3O4/c1-4-16(10-12(18)15(2)3)14(21)17-7-5-11(6-8-17)9-13(19)20/h11H,4-10H2,1-3H3,(H,19,20). The van der Waals surface area contributed by atoms with E-state index in [1.165, 1.54) is 9.80 Å². The number of rotatable bonds is 5. The van der Waals surface area contributed by atoms with E-state index in [0.29, 0.717) is 32.5 Å². The third-order valence-electron chi connectivity index (χ3n) is 3.83. The molecule has 7 heteroatoms. The van der Waals surface area contributed by atoms with Gasteiger partial charge in [-0.25, -0.2) is 4.79 Å². The molecule has 0 unspecified atom stereocenters. The molecular weight excluding hydrogens is 274 g/mol. The van der Waals surface area contributed by atoms with Crippen molar-refractivity contribution in [2.45, 2.75) is 26.2 Å². The van der Waals surface area contributed by atoms with Gasteiger partial charge in [0, 0.05) is 40.2 Å². The summed E-state index contributed by atoms with van der Waals surface area (Å²) in [4.78, 5) is 39.5. The summed E-state index contributed by atoms with van der Waals surface area (Å²) in [5.41, 5.74) is 0. The van der Waals surface area contributed by atoms with Crippen molar-refractivity contribution in [3.63, 3.8) is 0 Å². The van der Waals surface area contributed by atoms with Gasteiger partial charge >= 0.3 is 12.0 Å². The number of aliphatic carboxylic acids is 1. The van der Waals surface area contributed by atoms with Crippen LogP contribution in [0.1, 0.15) is 26.2 Å². The molecule has 1 N–H and O–H groups in total. The van der Waals surface area contributed by atoms with Crippen LogP contribution in [0.2, 0.25) is 0 Å². The van der Waals surface area contributed by atoms with E-state index in [2.05, 4.69) is 0 Å². The number of amides is 3. The van der Waals surface area contributed by atoms with E-state index in [-0.39, 0.29) is 30.8 Å². The van der Waals surface area contributed by atoms with Gasteiger partial charge in [-0.2, -0.15) is 0 Å². The number of likely N-dealkylation sites (tertiary alicyclic amines) is 1. The van der Waals surface area contributed by atoms with Gasteiger partial charge in [-0.05, 0) is 25.7 Å². The highest BCUT2D eigenvalue weighted by molar-refractivity contribution is 5.83. The molecule has 1 fully saturated rings. The summed E-state index contributed by atoms with van der Waals surface area (Å²) in [6.45, 7) is 3.52. The fraction of sp³-hybridized carbons (Fsp3) is 0.786. The molecule has 0 bridgehead atoms. The zero-order valence-electron chi connectivity index (χ0n) is 13.0. The SMILES string of the molecule is CCN(CC(=O)N(C)C)C(=O)N1CCC(CC(=O)O)CC1. The zero-order chi connectivity index (χ0) is 16.0. The molecule has 3 amide bonds. The van der Waals surface area contributed by atoms with Gasteiger partial charge in [0.25, 0.3) is 0 Å². The number of hydrogen-bond acceptors (Lipinski definition) is 3. The maximum Gasteiger partial charge on any atom is 0.320 e. The van der Waals surface area contributed by atoms with Crippen molar-refractivity contribution < 1.29 is 19.5 Å². The molecule has 21 heavy (non-hydrogen) atoms. The average molecular weight is 299 g/mol. The minimum absolute atomic E-state index is 0.0807. The molecule has 0 saturated carbocycles. The summed E-state index contributed by atoms with van der Waals surface area (Å²) < 4.78 is 0. The van der Waals surface area contributed by atoms with Crippen LogP contribution in [0.3, 0.4) is 0 Å². The Balaban J connectivity index is 2.51. The van der Waals surface area contributed by atoms with Gasteiger partial charge < -0.3 is 19.8 Å². The van der Waals surface area contributed by atoms with Gasteiger partial charge in [0.2, 0.25) is 5.91 Å². The van der Waals surface area contributed by atoms with Crippen molar-refractivity contribution in [3.05, 3.63) is 0 Å². The van der Waals surface area contributed by atoms with Crippen LogP contribution in [0.5, 0.6) is 0 Å². The lowest BCUT2D eigenvalue weighted by Crippen LogP contribution is -2.49. The van der Waals surface area contributed by atoms with E-state index in [1.54, 1.807) is 19.0 Å². The molecule has 1 aliphatic heterocycles. The van der Waals surface area contributed by atoms with Crippen LogP contribution in [0.15, 0.2) is 0 Å². The summed E-state index contributed by atoms with van der Waals surface area (Å²) in [6.07, 6.45) is 1.58. The van der Waals surface area contributed by atoms with Crippen LogP contribution in [0, 0.1) is 5.92 Å². The number of likely N-dealkylation sites (N-methyl/N-ethyl adjacent to an activating group) is 2. The van der Waals surface area contributed by atoms with Gasteiger partial charge in [-0.3, -0.25) is 9.59 Å². The highest BCUT2D eigenvalue weighted by Gasteiger charge is 2.27. The molecule has 1 aliphatic rings. The van der Waals surface area contributed by atoms with Crippen LogP contribution in [0.4, 0.5) is 4.79 Å². The number of carbonyl (C=O) groups excluding carboxylic acids is 2. The molecule has 1 rings (SSSR count). The maximum atomic E-state index is 12.4. The predicted octanol–water partition coefficient (Wildman–Crippen LogP) is 0.703. The first-order valence-electron chi connectivity index (χ1n) is 7.31. The second-order valence-corrected chi connectivity index (χ2v) is 5.61. The third-order valence-corrected chi connectivity index (χ3v) is 3.83. The Bertz CT molecular complexity index is 390. The first kappa shape index (κ1) is 17.3. The molecule has 0 spiro atoms. The zero-order valence-corrected chi connectivity index (χ0v) is 13.0. The fourth-order valence-corrected chi connectivity index (χ4v) is 2.39. The maximum absolute atomic E-state index is 12.4. The number of urea groups is 1. The predicted molar refractivity (Wildman–Crippen MR) is 77.9 cm³/mol. The quantitative estimate of drug-likeness (QED) is 0.810. The number of nitrogens with zero attached hydrogens (tertiary/aromatic N) is 3. The number of carbonyl (C=O) groups is 3. The van der Waals surface area contributed by atoms with Crippen LogP contribution < -0.4 is 0 Å². The Hall–Kier alpha value is -1.79. The summed E-state index contributed by atoms with van der Waals surface area (Å²) in [6, 6.07) is -0.138. The lowest BCUT2D eigenvalue weighted by atomic mass is 9.94. The van der Waals surface area contributed by atoms with Gasteiger partial charge in [-0.15, -0.1) is 0 Å². The van der Waals surface area contributed by atoms with Crippen molar-refractivity contribution in [1.82, 2.24) is 14.7 Å². The van der Waals surface area contributed by atoms with Crippen molar-refractivity contribution >= 4 is 17.9 Å². The number of carboxylic acid groups (broad SMARTS) is 1. The lowest BCUT2D eigenvalue weighted by Gasteiger charge is -2.35.